The van der Waals surface area contributed by atoms with Crippen LogP contribution in [0.1, 0.15) is 21.6 Å². The average molecular weight is 340 g/mol. The molecule has 0 radical (unpaired) electrons. The highest BCUT2D eigenvalue weighted by Crippen LogP contribution is 2.16. The van der Waals surface area contributed by atoms with E-state index in [2.05, 4.69) is 4.72 Å². The first-order valence-electron chi connectivity index (χ1n) is 6.26. The Labute approximate surface area is 134 Å². The minimum absolute atomic E-state index is 0.0605. The van der Waals surface area contributed by atoms with Crippen molar-refractivity contribution in [1.82, 2.24) is 4.72 Å². The maximum absolute atomic E-state index is 12.1. The van der Waals surface area contributed by atoms with Gasteiger partial charge in [0.2, 0.25) is 10.0 Å². The second-order valence-electron chi connectivity index (χ2n) is 4.67. The van der Waals surface area contributed by atoms with Crippen LogP contribution in [0.4, 0.5) is 0 Å². The summed E-state index contributed by atoms with van der Waals surface area (Å²) in [4.78, 5) is 1.33. The average Bonchev–Trinajstić information content (AvgIpc) is 2.82. The summed E-state index contributed by atoms with van der Waals surface area (Å²) in [5.41, 5.74) is 8.04. The van der Waals surface area contributed by atoms with Gasteiger partial charge in [0, 0.05) is 17.0 Å². The van der Waals surface area contributed by atoms with E-state index in [4.69, 9.17) is 18.0 Å². The molecule has 0 unspecified atom stereocenters. The predicted molar refractivity (Wildman–Crippen MR) is 90.8 cm³/mol. The van der Waals surface area contributed by atoms with E-state index >= 15 is 0 Å². The van der Waals surface area contributed by atoms with Crippen LogP contribution in [-0.4, -0.2) is 13.4 Å². The van der Waals surface area contributed by atoms with Crippen molar-refractivity contribution >= 4 is 38.6 Å². The van der Waals surface area contributed by atoms with Crippen LogP contribution in [0, 0.1) is 6.92 Å². The summed E-state index contributed by atoms with van der Waals surface area (Å²) in [6.45, 7) is 2.30. The van der Waals surface area contributed by atoms with E-state index in [1.54, 1.807) is 35.6 Å². The summed E-state index contributed by atoms with van der Waals surface area (Å²) in [5.74, 6) is -0.0605. The molecule has 0 fully saturated rings. The van der Waals surface area contributed by atoms with Crippen molar-refractivity contribution in [3.63, 3.8) is 0 Å². The highest BCUT2D eigenvalue weighted by atomic mass is 32.2. The fourth-order valence-corrected chi connectivity index (χ4v) is 3.97. The van der Waals surface area contributed by atoms with E-state index in [-0.39, 0.29) is 5.75 Å². The van der Waals surface area contributed by atoms with Crippen molar-refractivity contribution in [2.24, 2.45) is 5.73 Å². The van der Waals surface area contributed by atoms with E-state index < -0.39 is 10.0 Å². The lowest BCUT2D eigenvalue weighted by molar-refractivity contribution is 0.581. The number of nitrogens with two attached hydrogens (primary N) is 1. The normalized spacial score (nSPS) is 11.5. The Morgan fingerprint density at radius 2 is 1.95 bits per heavy atom. The summed E-state index contributed by atoms with van der Waals surface area (Å²) < 4.78 is 26.8. The summed E-state index contributed by atoms with van der Waals surface area (Å²) >= 11 is 6.41. The minimum Gasteiger partial charge on any atom is -0.389 e. The topological polar surface area (TPSA) is 72.2 Å². The maximum Gasteiger partial charge on any atom is 0.216 e. The zero-order valence-corrected chi connectivity index (χ0v) is 13.9. The molecule has 0 aliphatic carbocycles. The fourth-order valence-electron chi connectivity index (χ4n) is 1.80. The van der Waals surface area contributed by atoms with E-state index in [1.165, 1.54) is 0 Å². The van der Waals surface area contributed by atoms with Crippen molar-refractivity contribution < 1.29 is 8.42 Å². The number of thiophene rings is 1. The van der Waals surface area contributed by atoms with Gasteiger partial charge in [0.15, 0.2) is 0 Å². The molecule has 0 saturated carbocycles. The highest BCUT2D eigenvalue weighted by Gasteiger charge is 2.12. The fraction of sp³-hybridized carbons (Fsp3) is 0.214. The van der Waals surface area contributed by atoms with Gasteiger partial charge in [0.1, 0.15) is 4.99 Å². The first-order valence-corrected chi connectivity index (χ1v) is 9.20. The number of benzene rings is 1. The predicted octanol–water partition coefficient (Wildman–Crippen LogP) is 2.31. The van der Waals surface area contributed by atoms with Crippen LogP contribution >= 0.6 is 23.6 Å². The number of sulfonamides is 1. The smallest absolute Gasteiger partial charge is 0.216 e. The van der Waals surface area contributed by atoms with Gasteiger partial charge in [-0.3, -0.25) is 0 Å². The Bertz CT molecular complexity index is 734. The number of hydrogen-bond donors (Lipinski definition) is 2. The lowest BCUT2D eigenvalue weighted by Gasteiger charge is -2.07. The SMILES string of the molecule is Cc1ccsc1CNS(=O)(=O)Cc1ccc(C(N)=S)cc1. The molecule has 112 valence electrons. The number of aryl methyl sites for hydroxylation is 1. The van der Waals surface area contributed by atoms with Gasteiger partial charge in [-0.25, -0.2) is 13.1 Å². The first kappa shape index (κ1) is 16.1. The summed E-state index contributed by atoms with van der Waals surface area (Å²) in [6, 6.07) is 8.89. The molecule has 1 heterocycles. The van der Waals surface area contributed by atoms with Crippen LogP contribution in [0.2, 0.25) is 0 Å². The van der Waals surface area contributed by atoms with E-state index in [0.29, 0.717) is 17.1 Å². The van der Waals surface area contributed by atoms with Gasteiger partial charge in [-0.15, -0.1) is 11.3 Å². The molecule has 0 atom stereocenters. The van der Waals surface area contributed by atoms with Crippen LogP contribution in [0.15, 0.2) is 35.7 Å². The molecule has 0 spiro atoms. The van der Waals surface area contributed by atoms with Crippen LogP contribution < -0.4 is 10.5 Å². The molecule has 2 aromatic rings. The van der Waals surface area contributed by atoms with Gasteiger partial charge < -0.3 is 5.73 Å². The van der Waals surface area contributed by atoms with Gasteiger partial charge in [0.05, 0.1) is 5.75 Å². The monoisotopic (exact) mass is 340 g/mol. The summed E-state index contributed by atoms with van der Waals surface area (Å²) in [5, 5.41) is 1.95. The van der Waals surface area contributed by atoms with Crippen LogP contribution in [0.3, 0.4) is 0 Å². The molecule has 1 aromatic heterocycles. The highest BCUT2D eigenvalue weighted by molar-refractivity contribution is 7.88. The molecule has 0 saturated heterocycles. The lowest BCUT2D eigenvalue weighted by atomic mass is 10.1. The number of thiocarbonyl (C=S) groups is 1. The zero-order chi connectivity index (χ0) is 15.5. The van der Waals surface area contributed by atoms with E-state index in [0.717, 1.165) is 16.0 Å². The van der Waals surface area contributed by atoms with E-state index in [9.17, 15) is 8.42 Å². The third kappa shape index (κ3) is 4.60. The van der Waals surface area contributed by atoms with Crippen molar-refractivity contribution in [3.8, 4) is 0 Å². The second-order valence-corrected chi connectivity index (χ2v) is 7.92. The molecule has 2 rings (SSSR count). The molecule has 0 amide bonds. The van der Waals surface area contributed by atoms with Crippen molar-refractivity contribution in [3.05, 3.63) is 57.3 Å². The van der Waals surface area contributed by atoms with Crippen molar-refractivity contribution in [2.75, 3.05) is 0 Å². The van der Waals surface area contributed by atoms with Gasteiger partial charge >= 0.3 is 0 Å². The Morgan fingerprint density at radius 3 is 2.48 bits per heavy atom. The van der Waals surface area contributed by atoms with Gasteiger partial charge in [-0.1, -0.05) is 36.5 Å². The lowest BCUT2D eigenvalue weighted by Crippen LogP contribution is -2.24. The molecule has 0 aliphatic heterocycles. The summed E-state index contributed by atoms with van der Waals surface area (Å²) in [6.07, 6.45) is 0. The molecule has 1 aromatic carbocycles. The molecule has 0 bridgehead atoms. The molecule has 4 nitrogen and oxygen atoms in total. The largest absolute Gasteiger partial charge is 0.389 e. The molecule has 3 N–H and O–H groups in total. The van der Waals surface area contributed by atoms with Crippen LogP contribution in [-0.2, 0) is 22.3 Å². The number of nitrogens with one attached hydrogen (secondary N) is 1. The molecular formula is C14H16N2O2S3. The van der Waals surface area contributed by atoms with Crippen LogP contribution in [0.5, 0.6) is 0 Å². The molecule has 21 heavy (non-hydrogen) atoms. The summed E-state index contributed by atoms with van der Waals surface area (Å²) in [7, 11) is -3.37. The Balaban J connectivity index is 2.00. The maximum atomic E-state index is 12.1. The minimum atomic E-state index is -3.37. The number of rotatable bonds is 6. The van der Waals surface area contributed by atoms with Crippen molar-refractivity contribution in [1.29, 1.82) is 0 Å². The third-order valence-corrected chi connectivity index (χ3v) is 5.57. The number of hydrogen-bond acceptors (Lipinski definition) is 4. The standard InChI is InChI=1S/C14H16N2O2S3/c1-10-6-7-20-13(10)8-16-21(17,18)9-11-2-4-12(5-3-11)14(15)19/h2-7,16H,8-9H2,1H3,(H2,15,19). The molecular weight excluding hydrogens is 324 g/mol. The first-order chi connectivity index (χ1) is 9.87. The Hall–Kier alpha value is -1.28. The second kappa shape index (κ2) is 6.65. The Morgan fingerprint density at radius 1 is 1.29 bits per heavy atom. The molecule has 0 aliphatic rings. The van der Waals surface area contributed by atoms with E-state index in [1.807, 2.05) is 18.4 Å². The van der Waals surface area contributed by atoms with Gasteiger partial charge in [-0.05, 0) is 29.5 Å². The Kier molecular flexibility index (Phi) is 5.10. The van der Waals surface area contributed by atoms with Crippen molar-refractivity contribution in [2.45, 2.75) is 19.2 Å². The zero-order valence-electron chi connectivity index (χ0n) is 11.5. The molecule has 7 heteroatoms. The van der Waals surface area contributed by atoms with Gasteiger partial charge in [-0.2, -0.15) is 0 Å². The van der Waals surface area contributed by atoms with Crippen LogP contribution in [0.25, 0.3) is 0 Å². The van der Waals surface area contributed by atoms with Gasteiger partial charge in [0.25, 0.3) is 0 Å². The third-order valence-electron chi connectivity index (χ3n) is 3.02. The quantitative estimate of drug-likeness (QED) is 0.792.